The first kappa shape index (κ1) is 21.3. The molecule has 28 heavy (non-hydrogen) atoms. The molecular formula is C18H17ClN2O6S. The van der Waals surface area contributed by atoms with Crippen LogP contribution in [0.25, 0.3) is 0 Å². The summed E-state index contributed by atoms with van der Waals surface area (Å²) >= 11 is 11.2. The van der Waals surface area contributed by atoms with Crippen molar-refractivity contribution < 1.29 is 28.9 Å². The van der Waals surface area contributed by atoms with Crippen molar-refractivity contribution >= 4 is 46.5 Å². The predicted molar refractivity (Wildman–Crippen MR) is 108 cm³/mol. The maximum atomic E-state index is 12.4. The molecule has 3 N–H and O–H groups in total. The maximum absolute atomic E-state index is 12.4. The molecule has 0 heterocycles. The van der Waals surface area contributed by atoms with E-state index in [1.54, 1.807) is 12.1 Å². The summed E-state index contributed by atoms with van der Waals surface area (Å²) in [6.45, 7) is 0. The number of hydrogen-bond acceptors (Lipinski definition) is 6. The first-order chi connectivity index (χ1) is 13.3. The smallest absolute Gasteiger partial charge is 0.335 e. The number of nitrogens with one attached hydrogen (secondary N) is 2. The Morgan fingerprint density at radius 2 is 1.68 bits per heavy atom. The van der Waals surface area contributed by atoms with Crippen molar-refractivity contribution in [2.75, 3.05) is 26.6 Å². The molecular weight excluding hydrogens is 408 g/mol. The molecule has 0 spiro atoms. The van der Waals surface area contributed by atoms with E-state index in [1.807, 2.05) is 0 Å². The van der Waals surface area contributed by atoms with Gasteiger partial charge in [-0.25, -0.2) is 4.79 Å². The molecule has 148 valence electrons. The van der Waals surface area contributed by atoms with Gasteiger partial charge in [0.05, 0.1) is 37.6 Å². The minimum absolute atomic E-state index is 0.0673. The minimum Gasteiger partial charge on any atom is -0.493 e. The number of hydrogen-bond donors (Lipinski definition) is 3. The van der Waals surface area contributed by atoms with Crippen molar-refractivity contribution in [1.82, 2.24) is 5.32 Å². The largest absolute Gasteiger partial charge is 0.493 e. The van der Waals surface area contributed by atoms with Crippen LogP contribution in [0.1, 0.15) is 20.7 Å². The minimum atomic E-state index is -1.17. The molecule has 0 aliphatic rings. The van der Waals surface area contributed by atoms with Crippen molar-refractivity contribution in [2.24, 2.45) is 0 Å². The molecule has 2 aromatic rings. The van der Waals surface area contributed by atoms with Gasteiger partial charge in [-0.1, -0.05) is 11.6 Å². The Balaban J connectivity index is 2.20. The van der Waals surface area contributed by atoms with Crippen LogP contribution in [-0.2, 0) is 0 Å². The third-order valence-corrected chi connectivity index (χ3v) is 4.10. The fourth-order valence-corrected chi connectivity index (χ4v) is 2.82. The number of carboxylic acids is 1. The Hall–Kier alpha value is -3.04. The number of amides is 1. The number of thiocarbonyl (C=S) groups is 1. The van der Waals surface area contributed by atoms with Gasteiger partial charge in [0.2, 0.25) is 0 Å². The van der Waals surface area contributed by atoms with Crippen LogP contribution in [0.4, 0.5) is 5.69 Å². The highest BCUT2D eigenvalue weighted by atomic mass is 35.5. The summed E-state index contributed by atoms with van der Waals surface area (Å²) in [5.74, 6) is -0.624. The molecule has 0 aliphatic heterocycles. The monoisotopic (exact) mass is 424 g/mol. The highest BCUT2D eigenvalue weighted by Crippen LogP contribution is 2.34. The fourth-order valence-electron chi connectivity index (χ4n) is 2.32. The van der Waals surface area contributed by atoms with Gasteiger partial charge >= 0.3 is 5.97 Å². The van der Waals surface area contributed by atoms with Gasteiger partial charge in [0, 0.05) is 5.56 Å². The summed E-state index contributed by atoms with van der Waals surface area (Å²) < 4.78 is 15.5. The zero-order valence-corrected chi connectivity index (χ0v) is 16.7. The molecule has 0 bridgehead atoms. The molecule has 1 amide bonds. The second-order valence-electron chi connectivity index (χ2n) is 5.32. The number of carbonyl (C=O) groups is 2. The zero-order valence-electron chi connectivity index (χ0n) is 15.2. The summed E-state index contributed by atoms with van der Waals surface area (Å²) in [5.41, 5.74) is 0.415. The van der Waals surface area contributed by atoms with E-state index in [0.29, 0.717) is 11.5 Å². The fraction of sp³-hybridized carbons (Fsp3) is 0.167. The van der Waals surface area contributed by atoms with Crippen LogP contribution in [0.5, 0.6) is 17.2 Å². The molecule has 0 atom stereocenters. The van der Waals surface area contributed by atoms with Gasteiger partial charge in [-0.15, -0.1) is 0 Å². The van der Waals surface area contributed by atoms with Crippen LogP contribution in [0.2, 0.25) is 5.02 Å². The highest BCUT2D eigenvalue weighted by molar-refractivity contribution is 7.80. The summed E-state index contributed by atoms with van der Waals surface area (Å²) in [6.07, 6.45) is 0. The van der Waals surface area contributed by atoms with Crippen molar-refractivity contribution in [3.05, 3.63) is 46.5 Å². The lowest BCUT2D eigenvalue weighted by Gasteiger charge is -2.15. The predicted octanol–water partition coefficient (Wildman–Crippen LogP) is 3.19. The lowest BCUT2D eigenvalue weighted by Crippen LogP contribution is -2.34. The molecule has 0 radical (unpaired) electrons. The van der Waals surface area contributed by atoms with Crippen LogP contribution in [0, 0.1) is 0 Å². The van der Waals surface area contributed by atoms with Gasteiger partial charge in [0.1, 0.15) is 0 Å². The molecule has 0 saturated carbocycles. The number of carboxylic acid groups (broad SMARTS) is 1. The first-order valence-corrected chi connectivity index (χ1v) is 8.54. The SMILES string of the molecule is COc1ccc(C(=O)NC(=S)Nc2cc(C(=O)O)cc(Cl)c2OC)cc1OC. The van der Waals surface area contributed by atoms with Gasteiger partial charge < -0.3 is 24.6 Å². The van der Waals surface area contributed by atoms with E-state index in [0.717, 1.165) is 0 Å². The van der Waals surface area contributed by atoms with E-state index >= 15 is 0 Å². The van der Waals surface area contributed by atoms with E-state index in [9.17, 15) is 9.59 Å². The van der Waals surface area contributed by atoms with Crippen LogP contribution >= 0.6 is 23.8 Å². The molecule has 0 unspecified atom stereocenters. The van der Waals surface area contributed by atoms with Crippen molar-refractivity contribution in [2.45, 2.75) is 0 Å². The summed E-state index contributed by atoms with van der Waals surface area (Å²) in [7, 11) is 4.32. The number of rotatable bonds is 6. The summed E-state index contributed by atoms with van der Waals surface area (Å²) in [6, 6.07) is 7.17. The number of benzene rings is 2. The summed E-state index contributed by atoms with van der Waals surface area (Å²) in [4.78, 5) is 23.6. The van der Waals surface area contributed by atoms with E-state index in [2.05, 4.69) is 10.6 Å². The van der Waals surface area contributed by atoms with E-state index in [1.165, 1.54) is 39.5 Å². The summed E-state index contributed by atoms with van der Waals surface area (Å²) in [5, 5.41) is 14.4. The molecule has 0 aliphatic carbocycles. The Bertz CT molecular complexity index is 935. The average Bonchev–Trinajstić information content (AvgIpc) is 2.66. The van der Waals surface area contributed by atoms with Crippen LogP contribution < -0.4 is 24.8 Å². The number of aromatic carboxylic acids is 1. The first-order valence-electron chi connectivity index (χ1n) is 7.75. The number of ether oxygens (including phenoxy) is 3. The van der Waals surface area contributed by atoms with Crippen LogP contribution in [0.3, 0.4) is 0 Å². The quantitative estimate of drug-likeness (QED) is 0.607. The van der Waals surface area contributed by atoms with Gasteiger partial charge in [0.15, 0.2) is 22.4 Å². The number of halogens is 1. The normalized spacial score (nSPS) is 10.0. The van der Waals surface area contributed by atoms with E-state index in [4.69, 9.17) is 43.1 Å². The van der Waals surface area contributed by atoms with Crippen molar-refractivity contribution in [3.8, 4) is 17.2 Å². The van der Waals surface area contributed by atoms with Gasteiger partial charge in [-0.3, -0.25) is 10.1 Å². The molecule has 8 nitrogen and oxygen atoms in total. The maximum Gasteiger partial charge on any atom is 0.335 e. The van der Waals surface area contributed by atoms with E-state index < -0.39 is 11.9 Å². The Morgan fingerprint density at radius 1 is 1.00 bits per heavy atom. The van der Waals surface area contributed by atoms with Crippen LogP contribution in [-0.4, -0.2) is 43.4 Å². The topological polar surface area (TPSA) is 106 Å². The van der Waals surface area contributed by atoms with Gasteiger partial charge in [-0.2, -0.15) is 0 Å². The van der Waals surface area contributed by atoms with E-state index in [-0.39, 0.29) is 32.7 Å². The van der Waals surface area contributed by atoms with Gasteiger partial charge in [0.25, 0.3) is 5.91 Å². The van der Waals surface area contributed by atoms with Crippen LogP contribution in [0.15, 0.2) is 30.3 Å². The molecule has 0 aromatic heterocycles. The lowest BCUT2D eigenvalue weighted by atomic mass is 10.2. The molecule has 10 heteroatoms. The number of carbonyl (C=O) groups excluding carboxylic acids is 1. The number of anilines is 1. The van der Waals surface area contributed by atoms with Crippen molar-refractivity contribution in [1.29, 1.82) is 0 Å². The third-order valence-electron chi connectivity index (χ3n) is 3.62. The molecule has 0 fully saturated rings. The lowest BCUT2D eigenvalue weighted by molar-refractivity contribution is 0.0696. The van der Waals surface area contributed by atoms with Gasteiger partial charge in [-0.05, 0) is 42.5 Å². The van der Waals surface area contributed by atoms with Crippen molar-refractivity contribution in [3.63, 3.8) is 0 Å². The molecule has 0 saturated heterocycles. The average molecular weight is 425 g/mol. The molecule has 2 rings (SSSR count). The Labute approximate surface area is 171 Å². The number of methoxy groups -OCH3 is 3. The zero-order chi connectivity index (χ0) is 20.8. The Kier molecular flexibility index (Phi) is 7.02. The standard InChI is InChI=1S/C18H17ClN2O6S/c1-25-13-5-4-9(8-14(13)26-2)16(22)21-18(28)20-12-7-10(17(23)24)6-11(19)15(12)27-3/h4-8H,1-3H3,(H,23,24)(H2,20,21,22,28). The second-order valence-corrected chi connectivity index (χ2v) is 6.14. The second kappa shape index (κ2) is 9.25. The highest BCUT2D eigenvalue weighted by Gasteiger charge is 2.17. The molecule has 2 aromatic carbocycles. The third kappa shape index (κ3) is 4.81. The Morgan fingerprint density at radius 3 is 2.25 bits per heavy atom.